The molecule has 2 fully saturated rings. The molecule has 1 unspecified atom stereocenters. The minimum Gasteiger partial charge on any atom is -0.465 e. The highest BCUT2D eigenvalue weighted by Gasteiger charge is 2.44. The molecule has 228 valence electrons. The predicted octanol–water partition coefficient (Wildman–Crippen LogP) is 3.90. The Labute approximate surface area is 253 Å². The molecular formula is C29H36N8O5S. The van der Waals surface area contributed by atoms with Crippen LogP contribution in [0.4, 0.5) is 4.79 Å². The van der Waals surface area contributed by atoms with E-state index in [0.717, 1.165) is 10.4 Å². The van der Waals surface area contributed by atoms with Gasteiger partial charge in [-0.1, -0.05) is 41.5 Å². The van der Waals surface area contributed by atoms with Gasteiger partial charge < -0.3 is 30.3 Å². The van der Waals surface area contributed by atoms with E-state index in [1.54, 1.807) is 0 Å². The lowest BCUT2D eigenvalue weighted by molar-refractivity contribution is -0.146. The van der Waals surface area contributed by atoms with E-state index in [1.165, 1.54) is 16.2 Å². The number of amides is 3. The van der Waals surface area contributed by atoms with Gasteiger partial charge in [-0.3, -0.25) is 9.59 Å². The molecule has 3 amide bonds. The number of amidine groups is 1. The molecular weight excluding hydrogens is 572 g/mol. The van der Waals surface area contributed by atoms with Crippen LogP contribution in [0.1, 0.15) is 49.2 Å². The van der Waals surface area contributed by atoms with E-state index in [0.29, 0.717) is 44.8 Å². The maximum Gasteiger partial charge on any atom is 0.405 e. The molecule has 5 rings (SSSR count). The Morgan fingerprint density at radius 3 is 2.60 bits per heavy atom. The van der Waals surface area contributed by atoms with Crippen molar-refractivity contribution in [2.24, 2.45) is 16.0 Å². The number of hydrogen-bond acceptors (Lipinski definition) is 8. The van der Waals surface area contributed by atoms with Gasteiger partial charge in [-0.25, -0.2) is 9.79 Å². The van der Waals surface area contributed by atoms with E-state index in [4.69, 9.17) is 15.3 Å². The van der Waals surface area contributed by atoms with Crippen LogP contribution in [0.5, 0.6) is 0 Å². The highest BCUT2D eigenvalue weighted by atomic mass is 32.1. The Balaban J connectivity index is 1.34. The van der Waals surface area contributed by atoms with Gasteiger partial charge in [0, 0.05) is 28.9 Å². The number of azide groups is 1. The number of carboxylic acid groups (broad SMARTS) is 1. The Hall–Kier alpha value is -4.29. The van der Waals surface area contributed by atoms with Gasteiger partial charge in [-0.15, -0.1) is 11.3 Å². The third-order valence-electron chi connectivity index (χ3n) is 8.34. The first-order valence-corrected chi connectivity index (χ1v) is 15.4. The molecule has 1 saturated heterocycles. The fraction of sp³-hybridized carbons (Fsp3) is 0.517. The van der Waals surface area contributed by atoms with Crippen LogP contribution < -0.4 is 10.6 Å². The first kappa shape index (κ1) is 30.2. The quantitative estimate of drug-likeness (QED) is 0.233. The van der Waals surface area contributed by atoms with Crippen molar-refractivity contribution < 1.29 is 24.2 Å². The van der Waals surface area contributed by atoms with Gasteiger partial charge in [0.25, 0.3) is 6.02 Å². The summed E-state index contributed by atoms with van der Waals surface area (Å²) in [5.74, 6) is -1.05. The van der Waals surface area contributed by atoms with Crippen LogP contribution >= 0.6 is 11.3 Å². The lowest BCUT2D eigenvalue weighted by Gasteiger charge is -2.43. The molecule has 1 aromatic carbocycles. The second kappa shape index (κ2) is 13.8. The van der Waals surface area contributed by atoms with Crippen LogP contribution in [0.3, 0.4) is 0 Å². The Morgan fingerprint density at radius 1 is 1.16 bits per heavy atom. The predicted molar refractivity (Wildman–Crippen MR) is 160 cm³/mol. The van der Waals surface area contributed by atoms with Crippen molar-refractivity contribution in [3.8, 4) is 0 Å². The minimum absolute atomic E-state index is 0.132. The molecule has 1 aromatic heterocycles. The topological polar surface area (TPSA) is 172 Å². The summed E-state index contributed by atoms with van der Waals surface area (Å²) in [6.45, 7) is 3.01. The minimum atomic E-state index is -1.30. The van der Waals surface area contributed by atoms with Crippen molar-refractivity contribution in [1.29, 1.82) is 0 Å². The number of carbonyl (C=O) groups is 3. The van der Waals surface area contributed by atoms with Gasteiger partial charge in [0.1, 0.15) is 18.2 Å². The lowest BCUT2D eigenvalue weighted by atomic mass is 9.81. The highest BCUT2D eigenvalue weighted by molar-refractivity contribution is 7.09. The zero-order valence-corrected chi connectivity index (χ0v) is 24.7. The number of hydrogen-bond donors (Lipinski definition) is 3. The van der Waals surface area contributed by atoms with Crippen molar-refractivity contribution in [1.82, 2.24) is 20.4 Å². The van der Waals surface area contributed by atoms with E-state index >= 15 is 0 Å². The molecule has 3 N–H and O–H groups in total. The van der Waals surface area contributed by atoms with Gasteiger partial charge in [0.2, 0.25) is 11.8 Å². The van der Waals surface area contributed by atoms with Crippen molar-refractivity contribution in [2.45, 2.75) is 69.4 Å². The van der Waals surface area contributed by atoms with Gasteiger partial charge in [0.15, 0.2) is 0 Å². The number of nitrogens with zero attached hydrogens (tertiary/aromatic N) is 6. The smallest absolute Gasteiger partial charge is 0.405 e. The molecule has 1 aliphatic carbocycles. The zero-order chi connectivity index (χ0) is 30.3. The van der Waals surface area contributed by atoms with Crippen molar-refractivity contribution in [3.63, 3.8) is 0 Å². The van der Waals surface area contributed by atoms with Crippen molar-refractivity contribution >= 4 is 35.3 Å². The van der Waals surface area contributed by atoms with E-state index < -0.39 is 24.1 Å². The second-order valence-corrected chi connectivity index (χ2v) is 12.1. The molecule has 0 radical (unpaired) electrons. The fourth-order valence-electron chi connectivity index (χ4n) is 6.10. The maximum absolute atomic E-state index is 14.1. The van der Waals surface area contributed by atoms with Crippen LogP contribution in [0.25, 0.3) is 10.4 Å². The number of rotatable bonds is 8. The van der Waals surface area contributed by atoms with Gasteiger partial charge in [-0.05, 0) is 61.1 Å². The Kier molecular flexibility index (Phi) is 9.68. The first-order chi connectivity index (χ1) is 20.8. The monoisotopic (exact) mass is 608 g/mol. The zero-order valence-electron chi connectivity index (χ0n) is 23.9. The first-order valence-electron chi connectivity index (χ1n) is 14.5. The summed E-state index contributed by atoms with van der Waals surface area (Å²) in [7, 11) is 0. The fourth-order valence-corrected chi connectivity index (χ4v) is 6.74. The molecule has 4 atom stereocenters. The molecule has 3 aliphatic rings. The largest absolute Gasteiger partial charge is 0.465 e. The van der Waals surface area contributed by atoms with E-state index in [1.807, 2.05) is 59.7 Å². The summed E-state index contributed by atoms with van der Waals surface area (Å²) >= 11 is 1.52. The lowest BCUT2D eigenvalue weighted by Crippen LogP contribution is -2.65. The van der Waals surface area contributed by atoms with Crippen LogP contribution in [0.15, 0.2) is 58.0 Å². The second-order valence-electron chi connectivity index (χ2n) is 11.1. The number of carbonyl (C=O) groups excluding carboxylic acids is 2. The number of nitrogens with one attached hydrogen (secondary N) is 2. The average Bonchev–Trinajstić information content (AvgIpc) is 3.69. The van der Waals surface area contributed by atoms with Gasteiger partial charge in [0.05, 0.1) is 19.1 Å². The molecule has 13 nitrogen and oxygen atoms in total. The van der Waals surface area contributed by atoms with Crippen LogP contribution in [0, 0.1) is 5.92 Å². The summed E-state index contributed by atoms with van der Waals surface area (Å²) in [5, 5.41) is 20.7. The number of piperazine rings is 1. The van der Waals surface area contributed by atoms with E-state index in [2.05, 4.69) is 20.7 Å². The van der Waals surface area contributed by atoms with Crippen LogP contribution in [-0.2, 0) is 20.9 Å². The number of ether oxygens (including phenoxy) is 1. The molecule has 0 bridgehead atoms. The highest BCUT2D eigenvalue weighted by Crippen LogP contribution is 2.32. The van der Waals surface area contributed by atoms with Crippen molar-refractivity contribution in [3.05, 3.63) is 68.7 Å². The Morgan fingerprint density at radius 2 is 1.93 bits per heavy atom. The molecule has 2 aromatic rings. The molecule has 2 aliphatic heterocycles. The van der Waals surface area contributed by atoms with E-state index in [-0.39, 0.29) is 43.1 Å². The van der Waals surface area contributed by atoms with E-state index in [9.17, 15) is 19.5 Å². The SMILES string of the molecule is C[C@@H]1N=C(N2CCN(C(=O)[C@H](NC(=O)O)C3CCC(N=[N+]=[N-])CC3)C(C(=O)NCc3cccs3)C2)O[C@H]1c1ccccc1. The summed E-state index contributed by atoms with van der Waals surface area (Å²) in [6, 6.07) is 11.9. The number of benzene rings is 1. The molecule has 14 heteroatoms. The Bertz CT molecular complexity index is 1360. The van der Waals surface area contributed by atoms with Gasteiger partial charge >= 0.3 is 6.09 Å². The van der Waals surface area contributed by atoms with Crippen LogP contribution in [-0.4, -0.2) is 82.6 Å². The summed E-state index contributed by atoms with van der Waals surface area (Å²) in [6.07, 6.45) is 0.624. The molecule has 43 heavy (non-hydrogen) atoms. The number of thiophene rings is 1. The van der Waals surface area contributed by atoms with Gasteiger partial charge in [-0.2, -0.15) is 0 Å². The summed E-state index contributed by atoms with van der Waals surface area (Å²) in [4.78, 5) is 51.5. The number of aliphatic imine (C=N–C) groups is 1. The maximum atomic E-state index is 14.1. The standard InChI is InChI=1S/C29H36N8O5S/c1-18-25(20-6-3-2-4-7-20)42-28(32-18)36-13-14-37(23(17-36)26(38)31-16-22-8-5-15-43-22)27(39)24(33-29(40)41)19-9-11-21(12-10-19)34-35-30/h2-8,15,18-19,21,23-25,33H,9-14,16-17H2,1H3,(H,31,38)(H,40,41)/t18-,19?,21?,23?,24+,25+/m0/s1. The molecule has 0 spiro atoms. The summed E-state index contributed by atoms with van der Waals surface area (Å²) in [5.41, 5.74) is 9.80. The third-order valence-corrected chi connectivity index (χ3v) is 9.22. The molecule has 3 heterocycles. The normalized spacial score (nSPS) is 26.0. The molecule has 1 saturated carbocycles. The average molecular weight is 609 g/mol. The summed E-state index contributed by atoms with van der Waals surface area (Å²) < 4.78 is 6.29. The van der Waals surface area contributed by atoms with Crippen LogP contribution in [0.2, 0.25) is 0 Å². The van der Waals surface area contributed by atoms with Crippen molar-refractivity contribution in [2.75, 3.05) is 19.6 Å². The third kappa shape index (κ3) is 7.20.